The van der Waals surface area contributed by atoms with Gasteiger partial charge in [-0.05, 0) is 13.0 Å². The first-order chi connectivity index (χ1) is 17.7. The molecule has 1 unspecified atom stereocenters. The zero-order valence-corrected chi connectivity index (χ0v) is 21.4. The number of carbonyl (C=O) groups excluding carboxylic acids is 3. The molecule has 2 aliphatic rings. The number of rotatable bonds is 10. The fraction of sp³-hybridized carbons (Fsp3) is 0.333. The summed E-state index contributed by atoms with van der Waals surface area (Å²) in [7, 11) is 1.60. The summed E-state index contributed by atoms with van der Waals surface area (Å²) in [5.41, 5.74) is 6.38. The number of oxime groups is 1. The molecule has 194 valence electrons. The fourth-order valence-electron chi connectivity index (χ4n) is 3.76. The van der Waals surface area contributed by atoms with Gasteiger partial charge in [0.2, 0.25) is 17.9 Å². The molecule has 37 heavy (non-hydrogen) atoms. The number of amides is 3. The van der Waals surface area contributed by atoms with E-state index >= 15 is 0 Å². The highest BCUT2D eigenvalue weighted by Gasteiger charge is 2.54. The van der Waals surface area contributed by atoms with E-state index in [4.69, 9.17) is 10.6 Å². The summed E-state index contributed by atoms with van der Waals surface area (Å²) in [4.78, 5) is 60.7. The number of nitrogens with zero attached hydrogens (tertiary/aromatic N) is 6. The molecule has 16 heteroatoms. The lowest BCUT2D eigenvalue weighted by Crippen LogP contribution is -2.71. The molecule has 3 amide bonds. The van der Waals surface area contributed by atoms with E-state index in [0.29, 0.717) is 23.4 Å². The number of aliphatic carboxylic acids is 1. The Bertz CT molecular complexity index is 1310. The Kier molecular flexibility index (Phi) is 7.68. The first-order valence-corrected chi connectivity index (χ1v) is 12.7. The zero-order chi connectivity index (χ0) is 26.7. The third-order valence-corrected chi connectivity index (χ3v) is 7.35. The number of nitrogen functional groups attached to an aromatic ring is 1. The van der Waals surface area contributed by atoms with Crippen LogP contribution in [0.15, 0.2) is 41.0 Å². The minimum Gasteiger partial charge on any atom is -0.477 e. The Labute approximate surface area is 218 Å². The second-order valence-electron chi connectivity index (χ2n) is 7.88. The van der Waals surface area contributed by atoms with Gasteiger partial charge in [0.05, 0.1) is 0 Å². The molecule has 2 aromatic rings. The van der Waals surface area contributed by atoms with Gasteiger partial charge in [0, 0.05) is 36.0 Å². The van der Waals surface area contributed by atoms with Crippen molar-refractivity contribution in [2.45, 2.75) is 24.9 Å². The molecule has 0 aromatic carbocycles. The van der Waals surface area contributed by atoms with E-state index in [9.17, 15) is 24.3 Å². The van der Waals surface area contributed by atoms with Crippen molar-refractivity contribution in [2.24, 2.45) is 5.16 Å². The predicted octanol–water partition coefficient (Wildman–Crippen LogP) is -0.820. The minimum atomic E-state index is -1.25. The van der Waals surface area contributed by atoms with Gasteiger partial charge >= 0.3 is 5.97 Å². The molecule has 0 radical (unpaired) electrons. The van der Waals surface area contributed by atoms with E-state index in [2.05, 4.69) is 19.8 Å². The molecule has 0 bridgehead atoms. The van der Waals surface area contributed by atoms with Crippen molar-refractivity contribution >= 4 is 64.0 Å². The van der Waals surface area contributed by atoms with Gasteiger partial charge < -0.3 is 25.9 Å². The van der Waals surface area contributed by atoms with E-state index in [1.54, 1.807) is 43.1 Å². The first-order valence-electron chi connectivity index (χ1n) is 10.9. The van der Waals surface area contributed by atoms with Crippen molar-refractivity contribution in [1.82, 2.24) is 19.6 Å². The van der Waals surface area contributed by atoms with Crippen LogP contribution in [0, 0.1) is 0 Å². The van der Waals surface area contributed by atoms with Crippen LogP contribution in [-0.2, 0) is 30.6 Å². The van der Waals surface area contributed by atoms with Gasteiger partial charge in [-0.1, -0.05) is 5.16 Å². The summed E-state index contributed by atoms with van der Waals surface area (Å²) in [6.45, 7) is 2.07. The predicted molar refractivity (Wildman–Crippen MR) is 133 cm³/mol. The maximum atomic E-state index is 13.0. The number of nitrogens with two attached hydrogens (primary N) is 1. The highest BCUT2D eigenvalue weighted by molar-refractivity contribution is 8.00. The smallest absolute Gasteiger partial charge is 0.352 e. The summed E-state index contributed by atoms with van der Waals surface area (Å²) < 4.78 is 5.71. The number of hydrogen-bond donors (Lipinski definition) is 3. The monoisotopic (exact) mass is 547 g/mol. The van der Waals surface area contributed by atoms with E-state index in [1.165, 1.54) is 21.6 Å². The van der Waals surface area contributed by atoms with Gasteiger partial charge in [-0.25, -0.2) is 4.79 Å². The van der Waals surface area contributed by atoms with Crippen molar-refractivity contribution in [3.05, 3.63) is 41.6 Å². The Hall–Kier alpha value is -4.05. The highest BCUT2D eigenvalue weighted by atomic mass is 32.2. The van der Waals surface area contributed by atoms with Crippen LogP contribution in [0.4, 0.5) is 10.8 Å². The van der Waals surface area contributed by atoms with Crippen molar-refractivity contribution in [1.29, 1.82) is 0 Å². The lowest BCUT2D eigenvalue weighted by atomic mass is 10.0. The number of carboxylic acids is 1. The fourth-order valence-corrected chi connectivity index (χ4v) is 5.52. The minimum absolute atomic E-state index is 0.0405. The number of pyridine rings is 1. The number of thioether (sulfide) groups is 1. The average molecular weight is 548 g/mol. The van der Waals surface area contributed by atoms with Crippen LogP contribution in [0.1, 0.15) is 12.7 Å². The highest BCUT2D eigenvalue weighted by Crippen LogP contribution is 2.40. The van der Waals surface area contributed by atoms with E-state index in [-0.39, 0.29) is 35.5 Å². The SMILES string of the molecule is CCON=C(C(=O)NC1C(=O)N2C(C(=O)O)=C(C[n+]3cccc(N(C)C=O)c3)CS[C@@H]12)c1nsc(N)n1. The molecule has 2 aliphatic heterocycles. The Balaban J connectivity index is 1.53. The van der Waals surface area contributed by atoms with Crippen LogP contribution in [0.2, 0.25) is 0 Å². The second-order valence-corrected chi connectivity index (χ2v) is 9.77. The standard InChI is InChI=1S/C21H22N8O6S2/c1-3-35-25-13(16-24-21(22)37-26-16)17(31)23-14-18(32)29-15(20(33)34)11(9-36-19(14)29)7-28-6-4-5-12(8-28)27(2)10-30/h4-6,8,10,14,19H,3,7,9H2,1-2H3,(H3-,22,23,24,26,31,33,34)/p+1/t14?,19-/m0/s1. The van der Waals surface area contributed by atoms with Gasteiger partial charge in [-0.2, -0.15) is 13.9 Å². The number of nitrogens with one attached hydrogen (secondary N) is 1. The molecule has 0 saturated carbocycles. The van der Waals surface area contributed by atoms with E-state index in [1.807, 2.05) is 0 Å². The second kappa shape index (κ2) is 10.9. The molecular formula is C21H23N8O6S2+. The Morgan fingerprint density at radius 3 is 2.92 bits per heavy atom. The number of fused-ring (bicyclic) bond motifs is 1. The summed E-state index contributed by atoms with van der Waals surface area (Å²) >= 11 is 2.21. The number of carboxylic acid groups (broad SMARTS) is 1. The molecule has 4 N–H and O–H groups in total. The molecule has 2 aromatic heterocycles. The third-order valence-electron chi connectivity index (χ3n) is 5.47. The molecule has 2 atom stereocenters. The number of anilines is 2. The van der Waals surface area contributed by atoms with Crippen LogP contribution in [0.3, 0.4) is 0 Å². The van der Waals surface area contributed by atoms with Gasteiger partial charge in [0.25, 0.3) is 11.8 Å². The molecule has 0 spiro atoms. The van der Waals surface area contributed by atoms with Crippen LogP contribution >= 0.6 is 23.3 Å². The molecule has 4 rings (SSSR count). The maximum Gasteiger partial charge on any atom is 0.352 e. The molecule has 14 nitrogen and oxygen atoms in total. The molecule has 1 saturated heterocycles. The Morgan fingerprint density at radius 2 is 2.27 bits per heavy atom. The normalized spacial score (nSPS) is 19.1. The van der Waals surface area contributed by atoms with Crippen molar-refractivity contribution < 1.29 is 33.7 Å². The van der Waals surface area contributed by atoms with Crippen molar-refractivity contribution in [3.8, 4) is 0 Å². The van der Waals surface area contributed by atoms with E-state index < -0.39 is 29.2 Å². The first kappa shape index (κ1) is 26.0. The summed E-state index contributed by atoms with van der Waals surface area (Å²) in [5, 5.41) is 15.8. The lowest BCUT2D eigenvalue weighted by molar-refractivity contribution is -0.688. The van der Waals surface area contributed by atoms with E-state index in [0.717, 1.165) is 11.5 Å². The number of carbonyl (C=O) groups is 4. The number of hydrogen-bond acceptors (Lipinski definition) is 11. The van der Waals surface area contributed by atoms with Gasteiger partial charge in [-0.3, -0.25) is 19.3 Å². The van der Waals surface area contributed by atoms with Crippen molar-refractivity contribution in [3.63, 3.8) is 0 Å². The van der Waals surface area contributed by atoms with Gasteiger partial charge in [0.15, 0.2) is 24.1 Å². The zero-order valence-electron chi connectivity index (χ0n) is 19.7. The quantitative estimate of drug-likeness (QED) is 0.112. The lowest BCUT2D eigenvalue weighted by Gasteiger charge is -2.49. The van der Waals surface area contributed by atoms with Crippen LogP contribution in [0.25, 0.3) is 0 Å². The van der Waals surface area contributed by atoms with Crippen molar-refractivity contribution in [2.75, 3.05) is 30.0 Å². The maximum absolute atomic E-state index is 13.0. The van der Waals surface area contributed by atoms with Crippen LogP contribution in [0.5, 0.6) is 0 Å². The summed E-state index contributed by atoms with van der Waals surface area (Å²) in [5.74, 6) is -2.29. The van der Waals surface area contributed by atoms with Crippen LogP contribution in [-0.4, -0.2) is 80.1 Å². The molecule has 4 heterocycles. The largest absolute Gasteiger partial charge is 0.477 e. The number of β-lactam (4-membered cyclic amide) rings is 1. The topological polar surface area (TPSA) is 184 Å². The molecular weight excluding hydrogens is 524 g/mol. The van der Waals surface area contributed by atoms with Gasteiger partial charge in [-0.15, -0.1) is 11.8 Å². The molecule has 0 aliphatic carbocycles. The molecule has 1 fully saturated rings. The van der Waals surface area contributed by atoms with Crippen LogP contribution < -0.4 is 20.5 Å². The van der Waals surface area contributed by atoms with Gasteiger partial charge in [0.1, 0.15) is 29.4 Å². The Morgan fingerprint density at radius 1 is 1.49 bits per heavy atom. The third kappa shape index (κ3) is 5.24. The summed E-state index contributed by atoms with van der Waals surface area (Å²) in [6, 6.07) is 2.50. The average Bonchev–Trinajstić information content (AvgIpc) is 3.32. The number of aromatic nitrogens is 3. The summed E-state index contributed by atoms with van der Waals surface area (Å²) in [6.07, 6.45) is 4.11.